The summed E-state index contributed by atoms with van der Waals surface area (Å²) in [7, 11) is 2.05. The fourth-order valence-electron chi connectivity index (χ4n) is 2.09. The van der Waals surface area contributed by atoms with Gasteiger partial charge in [0.05, 0.1) is 0 Å². The number of hydrogen-bond donors (Lipinski definition) is 1. The van der Waals surface area contributed by atoms with E-state index in [4.69, 9.17) is 11.6 Å². The van der Waals surface area contributed by atoms with Gasteiger partial charge < -0.3 is 10.2 Å². The zero-order chi connectivity index (χ0) is 11.4. The van der Waals surface area contributed by atoms with E-state index in [9.17, 15) is 0 Å². The lowest BCUT2D eigenvalue weighted by Crippen LogP contribution is -2.37. The highest BCUT2D eigenvalue weighted by molar-refractivity contribution is 6.29. The lowest BCUT2D eigenvalue weighted by atomic mass is 9.99. The van der Waals surface area contributed by atoms with Gasteiger partial charge in [0.2, 0.25) is 0 Å². The first-order valence-corrected chi connectivity index (χ1v) is 6.03. The predicted molar refractivity (Wildman–Crippen MR) is 73.2 cm³/mol. The topological polar surface area (TPSA) is 41.0 Å². The van der Waals surface area contributed by atoms with E-state index in [1.165, 1.54) is 19.2 Å². The Bertz CT molecular complexity index is 342. The molecule has 4 nitrogen and oxygen atoms in total. The average molecular weight is 277 g/mol. The fraction of sp³-hybridized carbons (Fsp3) is 0.636. The summed E-state index contributed by atoms with van der Waals surface area (Å²) in [4.78, 5) is 10.2. The highest BCUT2D eigenvalue weighted by Gasteiger charge is 2.15. The molecule has 1 aromatic rings. The monoisotopic (exact) mass is 276 g/mol. The molecule has 1 aromatic heterocycles. The molecular formula is C11H18Cl2N4. The van der Waals surface area contributed by atoms with Crippen LogP contribution in [-0.2, 0) is 0 Å². The largest absolute Gasteiger partial charge is 0.359 e. The SMILES string of the molecule is CN(CC1CCCNC1)c1cc(Cl)ncn1.Cl. The van der Waals surface area contributed by atoms with Gasteiger partial charge in [-0.25, -0.2) is 9.97 Å². The number of nitrogens with zero attached hydrogens (tertiary/aromatic N) is 3. The highest BCUT2D eigenvalue weighted by Crippen LogP contribution is 2.17. The van der Waals surface area contributed by atoms with E-state index < -0.39 is 0 Å². The van der Waals surface area contributed by atoms with Crippen LogP contribution in [0.15, 0.2) is 12.4 Å². The fourth-order valence-corrected chi connectivity index (χ4v) is 2.23. The number of hydrogen-bond acceptors (Lipinski definition) is 4. The Hall–Kier alpha value is -0.580. The molecule has 1 unspecified atom stereocenters. The minimum Gasteiger partial charge on any atom is -0.359 e. The normalized spacial score (nSPS) is 19.5. The summed E-state index contributed by atoms with van der Waals surface area (Å²) in [5.41, 5.74) is 0. The van der Waals surface area contributed by atoms with Crippen molar-refractivity contribution < 1.29 is 0 Å². The van der Waals surface area contributed by atoms with E-state index in [1.54, 1.807) is 6.07 Å². The van der Waals surface area contributed by atoms with Crippen LogP contribution in [0.4, 0.5) is 5.82 Å². The van der Waals surface area contributed by atoms with E-state index in [1.807, 2.05) is 7.05 Å². The van der Waals surface area contributed by atoms with E-state index in [2.05, 4.69) is 20.2 Å². The van der Waals surface area contributed by atoms with Crippen molar-refractivity contribution in [2.75, 3.05) is 31.6 Å². The molecule has 1 N–H and O–H groups in total. The van der Waals surface area contributed by atoms with Gasteiger partial charge in [0, 0.05) is 19.7 Å². The summed E-state index contributed by atoms with van der Waals surface area (Å²) in [6.07, 6.45) is 4.06. The molecule has 0 saturated carbocycles. The van der Waals surface area contributed by atoms with E-state index in [-0.39, 0.29) is 12.4 Å². The summed E-state index contributed by atoms with van der Waals surface area (Å²) in [6.45, 7) is 3.27. The van der Waals surface area contributed by atoms with Crippen molar-refractivity contribution >= 4 is 29.8 Å². The third-order valence-corrected chi connectivity index (χ3v) is 3.15. The van der Waals surface area contributed by atoms with Gasteiger partial charge in [0.25, 0.3) is 0 Å². The van der Waals surface area contributed by atoms with Crippen molar-refractivity contribution in [3.8, 4) is 0 Å². The number of rotatable bonds is 3. The minimum absolute atomic E-state index is 0. The third-order valence-electron chi connectivity index (χ3n) is 2.94. The Morgan fingerprint density at radius 2 is 2.35 bits per heavy atom. The molecule has 6 heteroatoms. The Kier molecular flexibility index (Phi) is 5.95. The standard InChI is InChI=1S/C11H17ClN4.ClH/c1-16(7-9-3-2-4-13-6-9)11-5-10(12)14-8-15-11;/h5,8-9,13H,2-4,6-7H2,1H3;1H. The molecule has 0 spiro atoms. The first kappa shape index (κ1) is 14.5. The lowest BCUT2D eigenvalue weighted by Gasteiger charge is -2.28. The van der Waals surface area contributed by atoms with Gasteiger partial charge in [-0.05, 0) is 31.8 Å². The lowest BCUT2D eigenvalue weighted by molar-refractivity contribution is 0.380. The summed E-state index contributed by atoms with van der Waals surface area (Å²) in [5, 5.41) is 3.92. The maximum absolute atomic E-state index is 5.84. The molecule has 1 fully saturated rings. The number of halogens is 2. The van der Waals surface area contributed by atoms with Crippen LogP contribution in [-0.4, -0.2) is 36.6 Å². The van der Waals surface area contributed by atoms with Crippen LogP contribution in [0, 0.1) is 5.92 Å². The number of anilines is 1. The Balaban J connectivity index is 0.00000144. The van der Waals surface area contributed by atoms with Gasteiger partial charge in [-0.2, -0.15) is 0 Å². The number of nitrogens with one attached hydrogen (secondary N) is 1. The van der Waals surface area contributed by atoms with Gasteiger partial charge in [0.1, 0.15) is 17.3 Å². The molecule has 96 valence electrons. The summed E-state index contributed by atoms with van der Waals surface area (Å²) < 4.78 is 0. The van der Waals surface area contributed by atoms with Gasteiger partial charge >= 0.3 is 0 Å². The summed E-state index contributed by atoms with van der Waals surface area (Å²) in [5.74, 6) is 1.60. The second-order valence-corrected chi connectivity index (χ2v) is 4.68. The van der Waals surface area contributed by atoms with Crippen LogP contribution in [0.2, 0.25) is 5.15 Å². The molecule has 17 heavy (non-hydrogen) atoms. The molecule has 1 saturated heterocycles. The molecule has 1 aliphatic heterocycles. The summed E-state index contributed by atoms with van der Waals surface area (Å²) in [6, 6.07) is 1.80. The molecule has 0 bridgehead atoms. The van der Waals surface area contributed by atoms with Crippen molar-refractivity contribution in [3.05, 3.63) is 17.5 Å². The molecule has 0 radical (unpaired) electrons. The maximum Gasteiger partial charge on any atom is 0.134 e. The molecule has 0 aromatic carbocycles. The Morgan fingerprint density at radius 3 is 3.00 bits per heavy atom. The molecule has 0 amide bonds. The van der Waals surface area contributed by atoms with Gasteiger partial charge in [-0.3, -0.25) is 0 Å². The zero-order valence-corrected chi connectivity index (χ0v) is 11.5. The second-order valence-electron chi connectivity index (χ2n) is 4.29. The number of piperidine rings is 1. The van der Waals surface area contributed by atoms with Crippen LogP contribution in [0.3, 0.4) is 0 Å². The molecule has 2 heterocycles. The minimum atomic E-state index is 0. The molecule has 0 aliphatic carbocycles. The van der Waals surface area contributed by atoms with Crippen molar-refractivity contribution in [2.45, 2.75) is 12.8 Å². The van der Waals surface area contributed by atoms with Crippen molar-refractivity contribution in [3.63, 3.8) is 0 Å². The third kappa shape index (κ3) is 4.30. The molecule has 1 aliphatic rings. The second kappa shape index (κ2) is 6.99. The van der Waals surface area contributed by atoms with Crippen molar-refractivity contribution in [2.24, 2.45) is 5.92 Å². The quantitative estimate of drug-likeness (QED) is 0.858. The van der Waals surface area contributed by atoms with Gasteiger partial charge in [-0.15, -0.1) is 12.4 Å². The molecule has 2 rings (SSSR count). The smallest absolute Gasteiger partial charge is 0.134 e. The average Bonchev–Trinajstić information content (AvgIpc) is 2.30. The predicted octanol–water partition coefficient (Wildman–Crippen LogP) is 1.99. The van der Waals surface area contributed by atoms with Crippen molar-refractivity contribution in [1.82, 2.24) is 15.3 Å². The summed E-state index contributed by atoms with van der Waals surface area (Å²) >= 11 is 5.84. The van der Waals surface area contributed by atoms with Gasteiger partial charge in [0.15, 0.2) is 0 Å². The Labute approximate surface area is 113 Å². The van der Waals surface area contributed by atoms with Crippen LogP contribution >= 0.6 is 24.0 Å². The molecule has 1 atom stereocenters. The zero-order valence-electron chi connectivity index (χ0n) is 9.90. The van der Waals surface area contributed by atoms with Crippen molar-refractivity contribution in [1.29, 1.82) is 0 Å². The van der Waals surface area contributed by atoms with E-state index in [0.29, 0.717) is 11.1 Å². The molecular weight excluding hydrogens is 259 g/mol. The van der Waals surface area contributed by atoms with Crippen LogP contribution in [0.25, 0.3) is 0 Å². The maximum atomic E-state index is 5.84. The highest BCUT2D eigenvalue weighted by atomic mass is 35.5. The first-order valence-electron chi connectivity index (χ1n) is 5.65. The Morgan fingerprint density at radius 1 is 1.53 bits per heavy atom. The van der Waals surface area contributed by atoms with Crippen LogP contribution in [0.5, 0.6) is 0 Å². The van der Waals surface area contributed by atoms with Crippen LogP contribution in [0.1, 0.15) is 12.8 Å². The van der Waals surface area contributed by atoms with E-state index in [0.717, 1.165) is 25.5 Å². The number of aromatic nitrogens is 2. The van der Waals surface area contributed by atoms with E-state index >= 15 is 0 Å². The van der Waals surface area contributed by atoms with Gasteiger partial charge in [-0.1, -0.05) is 11.6 Å². The first-order chi connectivity index (χ1) is 7.75. The van der Waals surface area contributed by atoms with Crippen LogP contribution < -0.4 is 10.2 Å².